The average Bonchev–Trinajstić information content (AvgIpc) is 1.58. The number of fused-ring (bicyclic) bond motifs is 14. The Labute approximate surface area is 706 Å². The third kappa shape index (κ3) is 18.6. The van der Waals surface area contributed by atoms with Gasteiger partial charge in [-0.15, -0.1) is 0 Å². The van der Waals surface area contributed by atoms with E-state index in [0.29, 0.717) is 82.4 Å². The molecule has 0 fully saturated rings. The van der Waals surface area contributed by atoms with Crippen LogP contribution in [0.3, 0.4) is 0 Å². The number of ether oxygens (including phenoxy) is 1. The molecule has 0 radical (unpaired) electrons. The number of nitrogens with zero attached hydrogens (tertiary/aromatic N) is 4. The molecule has 8 bridgehead atoms. The third-order valence-corrected chi connectivity index (χ3v) is 28.4. The van der Waals surface area contributed by atoms with Gasteiger partial charge in [-0.3, -0.25) is 28.5 Å². The second-order valence-corrected chi connectivity index (χ2v) is 38.6. The minimum Gasteiger partial charge on any atom is -0.374 e. The highest BCUT2D eigenvalue weighted by Gasteiger charge is 2.46. The summed E-state index contributed by atoms with van der Waals surface area (Å²) < 4.78 is 76.2. The number of aromatic nitrogens is 4. The monoisotopic (exact) mass is 1660 g/mol. The highest BCUT2D eigenvalue weighted by Crippen LogP contribution is 2.53. The lowest BCUT2D eigenvalue weighted by molar-refractivity contribution is -0.438. The first-order valence-electron chi connectivity index (χ1n) is 43.2. The number of ketones is 1. The number of aromatic amines is 2. The van der Waals surface area contributed by atoms with E-state index in [4.69, 9.17) is 14.7 Å². The van der Waals surface area contributed by atoms with Crippen molar-refractivity contribution >= 4 is 121 Å². The molecule has 14 rings (SSSR count). The van der Waals surface area contributed by atoms with Crippen LogP contribution in [0.25, 0.3) is 54.8 Å². The lowest BCUT2D eigenvalue weighted by Crippen LogP contribution is -2.28. The van der Waals surface area contributed by atoms with Crippen LogP contribution in [0.2, 0.25) is 0 Å². The summed E-state index contributed by atoms with van der Waals surface area (Å²) in [4.78, 5) is 64.9. The quantitative estimate of drug-likeness (QED) is 0.0125. The van der Waals surface area contributed by atoms with Crippen LogP contribution < -0.4 is 15.5 Å². The predicted molar refractivity (Wildman–Crippen MR) is 485 cm³/mol. The summed E-state index contributed by atoms with van der Waals surface area (Å²) in [5.74, 6) is -0.913. The molecule has 6 N–H and O–H groups in total. The van der Waals surface area contributed by atoms with Crippen molar-refractivity contribution in [3.05, 3.63) is 229 Å². The van der Waals surface area contributed by atoms with Gasteiger partial charge in [0.25, 0.3) is 26.1 Å². The van der Waals surface area contributed by atoms with Crippen LogP contribution in [0.15, 0.2) is 166 Å². The van der Waals surface area contributed by atoms with E-state index in [-0.39, 0.29) is 53.5 Å². The number of thioether (sulfide) groups is 1. The van der Waals surface area contributed by atoms with Crippen LogP contribution in [0.4, 0.5) is 11.4 Å². The van der Waals surface area contributed by atoms with Crippen molar-refractivity contribution in [2.24, 2.45) is 0 Å². The molecule has 0 spiro atoms. The highest BCUT2D eigenvalue weighted by atomic mass is 32.2. The smallest absolute Gasteiger partial charge is 0.264 e. The Balaban J connectivity index is 0.665. The largest absolute Gasteiger partial charge is 0.374 e. The van der Waals surface area contributed by atoms with Crippen molar-refractivity contribution in [1.29, 1.82) is 0 Å². The van der Waals surface area contributed by atoms with Gasteiger partial charge in [-0.25, -0.2) is 4.98 Å². The van der Waals surface area contributed by atoms with Crippen molar-refractivity contribution in [3.63, 3.8) is 0 Å². The second kappa shape index (κ2) is 36.5. The maximum absolute atomic E-state index is 14.2. The molecular formula is C98H117N8O10S3+. The number of Topliss-reactive ketones (excluding diaryl/α,β-unsaturated/α-hetero) is 1. The fraction of sp³-hybridized carbons (Fsp3) is 0.429. The standard InChI is InChI=1S/C98H116N8O10S3/c1-12-14-15-26-53-116-65(7)89-63(5)79-58-78-62(4)73(93(103-78)76-57-85(107)90-64(6)80(104-94(76)90)59-81-72(13-2)61(3)77(101-81)60-82(89)102-79)43-48-88(108)99-49-22-16-17-23-50-100-96(109)70-35-30-36-71(56-70)117-95-68(41-46-86-97(8,9)91-74-37-20-18-31-66(74)39-44-83(91)105(86)51-24-27-54-118(110,111)112)33-29-34-69(95)42-47-87-98(10,11)92-75-38-21-19-32-67(75)40-45-84(92)106(87)52-25-28-55-119(113,114)115/h18-21,30-32,35-42,44-47,56,58-60,62,65,73H,12-17,22-29,33-34,43,48-55,57H2,1-11H3,(H5-,99,100,101,102,103,104,107,108,109,110,111,112,113,114,115)/p+1/t62-,65?,73-/m0/s1. The number of aryl methyl sites for hydroxylation is 2. The lowest BCUT2D eigenvalue weighted by atomic mass is 9.78. The maximum Gasteiger partial charge on any atom is 0.264 e. The molecule has 2 aliphatic carbocycles. The number of carbonyl (C=O) groups is 3. The first-order chi connectivity index (χ1) is 57.0. The van der Waals surface area contributed by atoms with E-state index >= 15 is 0 Å². The van der Waals surface area contributed by atoms with E-state index in [1.807, 2.05) is 25.1 Å². The summed E-state index contributed by atoms with van der Waals surface area (Å²) in [6.07, 6.45) is 22.7. The third-order valence-electron chi connectivity index (χ3n) is 25.6. The van der Waals surface area contributed by atoms with E-state index in [0.717, 1.165) is 209 Å². The van der Waals surface area contributed by atoms with Gasteiger partial charge in [0.15, 0.2) is 11.5 Å². The van der Waals surface area contributed by atoms with Gasteiger partial charge >= 0.3 is 0 Å². The Morgan fingerprint density at radius 1 is 0.714 bits per heavy atom. The SMILES string of the molecule is CCCCCCOC(C)c1c(C)c2cc3nc(c4c5[nH]c(cc6nc(cc1[nH]2)C(C)=C6CC)c(C)c5C(=O)C4)[C@@H](CCC(=O)NCCCCCCNC(=O)c1cccc(SC2=C(/C=C/C4=[N+](CCCCS(=O)(=O)O)c5ccc6ccccc6c5C4(C)C)CCC/C2=C\C=C2\N(CCCCS(=O)(=O)O)c4ccc5ccccc5c4C2(C)C)c1)[C@@H]3C. The number of anilines is 1. The Morgan fingerprint density at radius 2 is 1.40 bits per heavy atom. The maximum atomic E-state index is 14.2. The Hall–Kier alpha value is -9.35. The van der Waals surface area contributed by atoms with Crippen LogP contribution in [-0.4, -0.2) is 118 Å². The summed E-state index contributed by atoms with van der Waals surface area (Å²) in [5.41, 5.74) is 22.8. The van der Waals surface area contributed by atoms with E-state index < -0.39 is 31.1 Å². The lowest BCUT2D eigenvalue weighted by Gasteiger charge is -2.28. The summed E-state index contributed by atoms with van der Waals surface area (Å²) in [7, 11) is -8.28. The summed E-state index contributed by atoms with van der Waals surface area (Å²) in [6, 6.07) is 39.8. The number of rotatable bonds is 34. The fourth-order valence-electron chi connectivity index (χ4n) is 19.3. The zero-order chi connectivity index (χ0) is 84.2. The summed E-state index contributed by atoms with van der Waals surface area (Å²) >= 11 is 1.65. The number of hydrogen-bond donors (Lipinski definition) is 6. The van der Waals surface area contributed by atoms with Gasteiger partial charge in [-0.1, -0.05) is 151 Å². The van der Waals surface area contributed by atoms with Crippen LogP contribution in [-0.2, 0) is 47.0 Å². The molecule has 3 atom stereocenters. The molecule has 3 aromatic heterocycles. The average molecular weight is 1660 g/mol. The zero-order valence-electron chi connectivity index (χ0n) is 71.1. The number of benzene rings is 5. The number of nitrogens with one attached hydrogen (secondary N) is 4. The van der Waals surface area contributed by atoms with Gasteiger partial charge in [0.05, 0.1) is 45.6 Å². The van der Waals surface area contributed by atoms with Gasteiger partial charge in [0, 0.05) is 146 Å². The molecule has 119 heavy (non-hydrogen) atoms. The number of carbonyl (C=O) groups excluding carboxylic acids is 3. The molecule has 21 heteroatoms. The van der Waals surface area contributed by atoms with Crippen molar-refractivity contribution in [2.45, 2.75) is 232 Å². The van der Waals surface area contributed by atoms with E-state index in [9.17, 15) is 40.3 Å². The number of allylic oxidation sites excluding steroid dienone is 9. The first kappa shape index (κ1) is 86.0. The summed E-state index contributed by atoms with van der Waals surface area (Å²) in [5, 5.41) is 11.0. The number of unbranched alkanes of at least 4 members (excludes halogenated alkanes) is 8. The minimum atomic E-state index is -4.14. The normalized spacial score (nSPS) is 18.0. The molecule has 4 aliphatic heterocycles. The van der Waals surface area contributed by atoms with Crippen LogP contribution >= 0.6 is 11.8 Å². The van der Waals surface area contributed by atoms with Crippen LogP contribution in [0.5, 0.6) is 0 Å². The van der Waals surface area contributed by atoms with Crippen molar-refractivity contribution < 1.29 is 49.6 Å². The second-order valence-electron chi connectivity index (χ2n) is 34.4. The fourth-order valence-corrected chi connectivity index (χ4v) is 21.6. The highest BCUT2D eigenvalue weighted by molar-refractivity contribution is 8.03. The van der Waals surface area contributed by atoms with Crippen LogP contribution in [0.1, 0.15) is 273 Å². The van der Waals surface area contributed by atoms with Crippen molar-refractivity contribution in [2.75, 3.05) is 49.2 Å². The molecule has 7 heterocycles. The van der Waals surface area contributed by atoms with E-state index in [1.54, 1.807) is 11.8 Å². The Morgan fingerprint density at radius 3 is 2.13 bits per heavy atom. The summed E-state index contributed by atoms with van der Waals surface area (Å²) in [6.45, 7) is 26.9. The molecule has 8 aromatic rings. The zero-order valence-corrected chi connectivity index (χ0v) is 73.5. The number of amides is 2. The molecular weight excluding hydrogens is 1550 g/mol. The van der Waals surface area contributed by atoms with E-state index in [2.05, 4.69) is 221 Å². The van der Waals surface area contributed by atoms with Gasteiger partial charge in [0.1, 0.15) is 6.54 Å². The molecule has 0 saturated heterocycles. The van der Waals surface area contributed by atoms with Crippen molar-refractivity contribution in [1.82, 2.24) is 30.6 Å². The Kier molecular flexibility index (Phi) is 26.4. The number of H-pyrrole nitrogens is 2. The molecule has 18 nitrogen and oxygen atoms in total. The Bertz CT molecular complexity index is 5930. The predicted octanol–water partition coefficient (Wildman–Crippen LogP) is 21.9. The molecule has 6 aliphatic rings. The minimum absolute atomic E-state index is 0.0226. The van der Waals surface area contributed by atoms with E-state index in [1.165, 1.54) is 23.1 Å². The molecule has 1 unspecified atom stereocenters. The first-order valence-corrected chi connectivity index (χ1v) is 47.2. The van der Waals surface area contributed by atoms with Gasteiger partial charge in [0.2, 0.25) is 11.6 Å². The topological polar surface area (TPSA) is 257 Å². The van der Waals surface area contributed by atoms with Crippen molar-refractivity contribution in [3.8, 4) is 0 Å². The number of hydrogen-bond acceptors (Lipinski definition) is 12. The molecule has 5 aromatic carbocycles. The van der Waals surface area contributed by atoms with Gasteiger partial charge in [-0.2, -0.15) is 21.4 Å². The van der Waals surface area contributed by atoms with Crippen LogP contribution in [0, 0.1) is 13.8 Å². The molecule has 626 valence electrons. The van der Waals surface area contributed by atoms with Gasteiger partial charge < -0.3 is 30.2 Å². The molecule has 2 amide bonds. The van der Waals surface area contributed by atoms with Gasteiger partial charge in [-0.05, 0) is 227 Å². The molecule has 0 saturated carbocycles.